The summed E-state index contributed by atoms with van der Waals surface area (Å²) in [5.41, 5.74) is 3.04. The van der Waals surface area contributed by atoms with Gasteiger partial charge < -0.3 is 24.4 Å². The largest absolute Gasteiger partial charge is 0.493 e. The second kappa shape index (κ2) is 12.2. The van der Waals surface area contributed by atoms with Crippen molar-refractivity contribution in [2.45, 2.75) is 13.8 Å². The predicted octanol–water partition coefficient (Wildman–Crippen LogP) is 7.54. The first-order valence-electron chi connectivity index (χ1n) is 12.8. The number of anilines is 2. The standard InChI is InChI=1S/C30H27N3O4.C2H6/c1-33(2)23-7-5-6-21(15-23)30(34)32-22-10-8-20-16-24(11-9-19(20)14-22)37-27-12-13-31-26-18-29(36-4)28(35-3)17-25(26)27;1-2/h5-18H,1-4H3,(H,32,34);1-2H3. The summed E-state index contributed by atoms with van der Waals surface area (Å²) in [5.74, 6) is 2.41. The molecule has 0 aliphatic heterocycles. The Bertz CT molecular complexity index is 1610. The number of nitrogens with zero attached hydrogens (tertiary/aromatic N) is 2. The van der Waals surface area contributed by atoms with E-state index in [0.29, 0.717) is 28.6 Å². The molecule has 7 nitrogen and oxygen atoms in total. The van der Waals surface area contributed by atoms with Gasteiger partial charge in [-0.15, -0.1) is 0 Å². The van der Waals surface area contributed by atoms with Gasteiger partial charge in [-0.2, -0.15) is 0 Å². The van der Waals surface area contributed by atoms with E-state index < -0.39 is 0 Å². The van der Waals surface area contributed by atoms with Crippen LogP contribution in [0.15, 0.2) is 85.1 Å². The van der Waals surface area contributed by atoms with Crippen LogP contribution in [0.4, 0.5) is 11.4 Å². The molecule has 0 aliphatic carbocycles. The van der Waals surface area contributed by atoms with Gasteiger partial charge in [0.25, 0.3) is 5.91 Å². The van der Waals surface area contributed by atoms with Crippen LogP contribution >= 0.6 is 0 Å². The van der Waals surface area contributed by atoms with Crippen LogP contribution in [-0.4, -0.2) is 39.2 Å². The molecular formula is C32H33N3O4. The van der Waals surface area contributed by atoms with Crippen LogP contribution in [0, 0.1) is 0 Å². The van der Waals surface area contributed by atoms with Crippen molar-refractivity contribution in [1.29, 1.82) is 0 Å². The van der Waals surface area contributed by atoms with E-state index in [2.05, 4.69) is 10.3 Å². The van der Waals surface area contributed by atoms with Crippen molar-refractivity contribution in [2.75, 3.05) is 38.5 Å². The van der Waals surface area contributed by atoms with E-state index in [1.54, 1.807) is 20.4 Å². The Kier molecular flexibility index (Phi) is 8.51. The van der Waals surface area contributed by atoms with Gasteiger partial charge in [-0.25, -0.2) is 0 Å². The maximum Gasteiger partial charge on any atom is 0.255 e. The second-order valence-electron chi connectivity index (χ2n) is 8.76. The molecular weight excluding hydrogens is 490 g/mol. The van der Waals surface area contributed by atoms with E-state index in [1.807, 2.05) is 112 Å². The van der Waals surface area contributed by atoms with Crippen LogP contribution in [0.25, 0.3) is 21.7 Å². The fourth-order valence-electron chi connectivity index (χ4n) is 4.16. The third-order valence-corrected chi connectivity index (χ3v) is 6.13. The molecule has 0 radical (unpaired) electrons. The van der Waals surface area contributed by atoms with Crippen molar-refractivity contribution in [2.24, 2.45) is 0 Å². The smallest absolute Gasteiger partial charge is 0.255 e. The molecule has 0 bridgehead atoms. The van der Waals surface area contributed by atoms with Gasteiger partial charge in [-0.05, 0) is 65.4 Å². The number of carbonyl (C=O) groups is 1. The number of benzene rings is 4. The molecule has 0 fully saturated rings. The number of hydrogen-bond donors (Lipinski definition) is 1. The monoisotopic (exact) mass is 523 g/mol. The lowest BCUT2D eigenvalue weighted by molar-refractivity contribution is 0.102. The molecule has 1 N–H and O–H groups in total. The minimum absolute atomic E-state index is 0.153. The van der Waals surface area contributed by atoms with E-state index >= 15 is 0 Å². The summed E-state index contributed by atoms with van der Waals surface area (Å²) in [6.45, 7) is 4.00. The number of rotatable bonds is 7. The summed E-state index contributed by atoms with van der Waals surface area (Å²) in [4.78, 5) is 19.2. The Labute approximate surface area is 229 Å². The van der Waals surface area contributed by atoms with Gasteiger partial charge in [0.05, 0.1) is 19.7 Å². The van der Waals surface area contributed by atoms with Crippen molar-refractivity contribution in [3.05, 3.63) is 90.6 Å². The van der Waals surface area contributed by atoms with Gasteiger partial charge in [-0.3, -0.25) is 9.78 Å². The first-order chi connectivity index (χ1) is 18.9. The van der Waals surface area contributed by atoms with Gasteiger partial charge in [0, 0.05) is 48.7 Å². The summed E-state index contributed by atoms with van der Waals surface area (Å²) in [6.07, 6.45) is 1.70. The Morgan fingerprint density at radius 1 is 0.795 bits per heavy atom. The number of amides is 1. The Balaban J connectivity index is 0.00000172. The predicted molar refractivity (Wildman–Crippen MR) is 159 cm³/mol. The molecule has 0 unspecified atom stereocenters. The first-order valence-corrected chi connectivity index (χ1v) is 12.8. The summed E-state index contributed by atoms with van der Waals surface area (Å²) in [5, 5.41) is 5.78. The van der Waals surface area contributed by atoms with E-state index in [9.17, 15) is 4.79 Å². The van der Waals surface area contributed by atoms with Crippen LogP contribution < -0.4 is 24.4 Å². The molecule has 1 amide bonds. The molecule has 0 saturated heterocycles. The number of aromatic nitrogens is 1. The lowest BCUT2D eigenvalue weighted by Crippen LogP contribution is -2.14. The highest BCUT2D eigenvalue weighted by molar-refractivity contribution is 6.05. The quantitative estimate of drug-likeness (QED) is 0.238. The van der Waals surface area contributed by atoms with Crippen molar-refractivity contribution in [3.63, 3.8) is 0 Å². The molecule has 4 aromatic carbocycles. The van der Waals surface area contributed by atoms with Crippen LogP contribution in [0.2, 0.25) is 0 Å². The minimum Gasteiger partial charge on any atom is -0.493 e. The van der Waals surface area contributed by atoms with Crippen LogP contribution in [0.3, 0.4) is 0 Å². The molecule has 0 aliphatic rings. The average Bonchev–Trinajstić information content (AvgIpc) is 2.97. The van der Waals surface area contributed by atoms with Gasteiger partial charge >= 0.3 is 0 Å². The third kappa shape index (κ3) is 6.04. The van der Waals surface area contributed by atoms with Crippen molar-refractivity contribution < 1.29 is 19.0 Å². The third-order valence-electron chi connectivity index (χ3n) is 6.13. The Hall–Kier alpha value is -4.78. The number of pyridine rings is 1. The molecule has 5 aromatic rings. The highest BCUT2D eigenvalue weighted by Crippen LogP contribution is 2.37. The zero-order valence-corrected chi connectivity index (χ0v) is 23.1. The summed E-state index contributed by atoms with van der Waals surface area (Å²) >= 11 is 0. The molecule has 0 saturated carbocycles. The van der Waals surface area contributed by atoms with Crippen LogP contribution in [-0.2, 0) is 0 Å². The fourth-order valence-corrected chi connectivity index (χ4v) is 4.16. The maximum atomic E-state index is 12.8. The summed E-state index contributed by atoms with van der Waals surface area (Å²) < 4.78 is 17.1. The van der Waals surface area contributed by atoms with E-state index in [1.165, 1.54) is 0 Å². The highest BCUT2D eigenvalue weighted by atomic mass is 16.5. The highest BCUT2D eigenvalue weighted by Gasteiger charge is 2.12. The molecule has 39 heavy (non-hydrogen) atoms. The maximum absolute atomic E-state index is 12.8. The van der Waals surface area contributed by atoms with Crippen molar-refractivity contribution in [1.82, 2.24) is 4.98 Å². The summed E-state index contributed by atoms with van der Waals surface area (Å²) in [7, 11) is 7.09. The molecule has 1 aromatic heterocycles. The van der Waals surface area contributed by atoms with Gasteiger partial charge in [0.1, 0.15) is 11.5 Å². The number of ether oxygens (including phenoxy) is 3. The lowest BCUT2D eigenvalue weighted by atomic mass is 10.1. The molecule has 0 atom stereocenters. The zero-order valence-electron chi connectivity index (χ0n) is 23.1. The number of nitrogens with one attached hydrogen (secondary N) is 1. The summed E-state index contributed by atoms with van der Waals surface area (Å²) in [6, 6.07) is 24.7. The number of methoxy groups -OCH3 is 2. The lowest BCUT2D eigenvalue weighted by Gasteiger charge is -2.14. The van der Waals surface area contributed by atoms with Crippen molar-refractivity contribution in [3.8, 4) is 23.0 Å². The van der Waals surface area contributed by atoms with E-state index in [-0.39, 0.29) is 5.91 Å². The van der Waals surface area contributed by atoms with Crippen LogP contribution in [0.5, 0.6) is 23.0 Å². The fraction of sp³-hybridized carbons (Fsp3) is 0.188. The minimum atomic E-state index is -0.153. The van der Waals surface area contributed by atoms with Crippen LogP contribution in [0.1, 0.15) is 24.2 Å². The SMILES string of the molecule is CC.COc1cc2nccc(Oc3ccc4cc(NC(=O)c5cccc(N(C)C)c5)ccc4c3)c2cc1OC. The Morgan fingerprint density at radius 2 is 1.51 bits per heavy atom. The second-order valence-corrected chi connectivity index (χ2v) is 8.76. The molecule has 7 heteroatoms. The van der Waals surface area contributed by atoms with Gasteiger partial charge in [0.15, 0.2) is 11.5 Å². The molecule has 1 heterocycles. The van der Waals surface area contributed by atoms with E-state index in [4.69, 9.17) is 14.2 Å². The first kappa shape index (κ1) is 27.3. The average molecular weight is 524 g/mol. The zero-order chi connectivity index (χ0) is 27.9. The van der Waals surface area contributed by atoms with Gasteiger partial charge in [-0.1, -0.05) is 32.0 Å². The van der Waals surface area contributed by atoms with Crippen molar-refractivity contribution >= 4 is 39.0 Å². The number of carbonyl (C=O) groups excluding carboxylic acids is 1. The number of fused-ring (bicyclic) bond motifs is 2. The topological polar surface area (TPSA) is 72.9 Å². The number of hydrogen-bond acceptors (Lipinski definition) is 6. The van der Waals surface area contributed by atoms with E-state index in [0.717, 1.165) is 33.1 Å². The molecule has 200 valence electrons. The normalized spacial score (nSPS) is 10.4. The Morgan fingerprint density at radius 3 is 2.26 bits per heavy atom. The van der Waals surface area contributed by atoms with Gasteiger partial charge in [0.2, 0.25) is 0 Å². The molecule has 0 spiro atoms. The molecule has 5 rings (SSSR count).